The Morgan fingerprint density at radius 2 is 2.08 bits per heavy atom. The Kier molecular flexibility index (Phi) is 6.26. The summed E-state index contributed by atoms with van der Waals surface area (Å²) in [5.41, 5.74) is 7.45. The third kappa shape index (κ3) is 4.99. The number of nitrogens with zero attached hydrogens (tertiary/aromatic N) is 6. The first-order chi connectivity index (χ1) is 17.5. The summed E-state index contributed by atoms with van der Waals surface area (Å²) in [4.78, 5) is 39.3. The van der Waals surface area contributed by atoms with E-state index < -0.39 is 11.8 Å². The SMILES string of the molecule is Cc1cc(Nc2cc(C(=O)NCC(N)=O)nc(N3CCCC3c3cc(-c4ccccn4)no3)n2)n[nH]1. The van der Waals surface area contributed by atoms with Crippen LogP contribution in [-0.2, 0) is 4.79 Å². The highest BCUT2D eigenvalue weighted by molar-refractivity contribution is 5.95. The van der Waals surface area contributed by atoms with E-state index >= 15 is 0 Å². The number of nitrogens with one attached hydrogen (secondary N) is 3. The third-order valence-corrected chi connectivity index (χ3v) is 5.63. The van der Waals surface area contributed by atoms with Crippen LogP contribution in [0.25, 0.3) is 11.4 Å². The van der Waals surface area contributed by atoms with E-state index in [-0.39, 0.29) is 18.3 Å². The maximum atomic E-state index is 12.7. The van der Waals surface area contributed by atoms with Gasteiger partial charge in [-0.15, -0.1) is 0 Å². The number of carbonyl (C=O) groups excluding carboxylic acids is 2. The molecule has 0 aliphatic carbocycles. The summed E-state index contributed by atoms with van der Waals surface area (Å²) in [5.74, 6) is 0.678. The molecule has 1 fully saturated rings. The van der Waals surface area contributed by atoms with Crippen molar-refractivity contribution in [3.63, 3.8) is 0 Å². The number of aromatic nitrogens is 6. The molecule has 5 N–H and O–H groups in total. The van der Waals surface area contributed by atoms with Crippen LogP contribution in [0, 0.1) is 6.92 Å². The van der Waals surface area contributed by atoms with Crippen molar-refractivity contribution >= 4 is 29.4 Å². The molecule has 4 aromatic heterocycles. The Labute approximate surface area is 205 Å². The van der Waals surface area contributed by atoms with Gasteiger partial charge >= 0.3 is 0 Å². The lowest BCUT2D eigenvalue weighted by Crippen LogP contribution is -2.34. The van der Waals surface area contributed by atoms with Crippen LogP contribution >= 0.6 is 0 Å². The fourth-order valence-electron chi connectivity index (χ4n) is 4.00. The van der Waals surface area contributed by atoms with Gasteiger partial charge in [-0.3, -0.25) is 19.7 Å². The number of amides is 2. The van der Waals surface area contributed by atoms with Crippen LogP contribution in [0.15, 0.2) is 47.1 Å². The Morgan fingerprint density at radius 3 is 2.83 bits per heavy atom. The minimum absolute atomic E-state index is 0.0772. The summed E-state index contributed by atoms with van der Waals surface area (Å²) < 4.78 is 5.68. The molecule has 0 spiro atoms. The van der Waals surface area contributed by atoms with Gasteiger partial charge in [0.25, 0.3) is 5.91 Å². The number of anilines is 3. The molecule has 13 nitrogen and oxygen atoms in total. The lowest BCUT2D eigenvalue weighted by atomic mass is 10.1. The van der Waals surface area contributed by atoms with Crippen molar-refractivity contribution in [2.24, 2.45) is 5.73 Å². The Bertz CT molecular complexity index is 1380. The molecule has 1 aliphatic rings. The van der Waals surface area contributed by atoms with Gasteiger partial charge in [-0.2, -0.15) is 10.1 Å². The summed E-state index contributed by atoms with van der Waals surface area (Å²) in [6.45, 7) is 2.22. The van der Waals surface area contributed by atoms with E-state index in [2.05, 4.69) is 40.9 Å². The number of rotatable bonds is 8. The highest BCUT2D eigenvalue weighted by atomic mass is 16.5. The van der Waals surface area contributed by atoms with Crippen LogP contribution < -0.4 is 21.3 Å². The second-order valence-corrected chi connectivity index (χ2v) is 8.33. The van der Waals surface area contributed by atoms with Crippen molar-refractivity contribution in [2.75, 3.05) is 23.3 Å². The van der Waals surface area contributed by atoms with Crippen molar-refractivity contribution in [1.29, 1.82) is 0 Å². The van der Waals surface area contributed by atoms with Crippen LogP contribution in [0.3, 0.4) is 0 Å². The first-order valence-corrected chi connectivity index (χ1v) is 11.4. The number of nitrogens with two attached hydrogens (primary N) is 1. The molecule has 5 rings (SSSR count). The largest absolute Gasteiger partial charge is 0.368 e. The topological polar surface area (TPSA) is 181 Å². The summed E-state index contributed by atoms with van der Waals surface area (Å²) in [6, 6.07) is 10.6. The van der Waals surface area contributed by atoms with Gasteiger partial charge in [0.05, 0.1) is 18.3 Å². The van der Waals surface area contributed by atoms with Crippen LogP contribution in [0.1, 0.15) is 40.8 Å². The average molecular weight is 489 g/mol. The lowest BCUT2D eigenvalue weighted by Gasteiger charge is -2.23. The molecule has 0 aromatic carbocycles. The lowest BCUT2D eigenvalue weighted by molar-refractivity contribution is -0.117. The molecular weight excluding hydrogens is 464 g/mol. The van der Waals surface area contributed by atoms with E-state index in [0.29, 0.717) is 41.3 Å². The number of carbonyl (C=O) groups is 2. The van der Waals surface area contributed by atoms with Gasteiger partial charge in [-0.25, -0.2) is 4.98 Å². The molecule has 36 heavy (non-hydrogen) atoms. The Balaban J connectivity index is 1.46. The molecule has 1 saturated heterocycles. The molecule has 5 heterocycles. The summed E-state index contributed by atoms with van der Waals surface area (Å²) in [6.07, 6.45) is 3.36. The minimum Gasteiger partial charge on any atom is -0.368 e. The zero-order chi connectivity index (χ0) is 25.1. The minimum atomic E-state index is -0.656. The number of H-pyrrole nitrogens is 1. The highest BCUT2D eigenvalue weighted by Crippen LogP contribution is 2.36. The van der Waals surface area contributed by atoms with Gasteiger partial charge in [0.1, 0.15) is 17.2 Å². The maximum absolute atomic E-state index is 12.7. The van der Waals surface area contributed by atoms with Gasteiger partial charge in [0.2, 0.25) is 11.9 Å². The highest BCUT2D eigenvalue weighted by Gasteiger charge is 2.32. The van der Waals surface area contributed by atoms with Gasteiger partial charge in [-0.1, -0.05) is 11.2 Å². The van der Waals surface area contributed by atoms with Crippen molar-refractivity contribution in [2.45, 2.75) is 25.8 Å². The Hall–Kier alpha value is -4.81. The zero-order valence-electron chi connectivity index (χ0n) is 19.4. The van der Waals surface area contributed by atoms with E-state index in [1.807, 2.05) is 36.1 Å². The Morgan fingerprint density at radius 1 is 1.19 bits per heavy atom. The van der Waals surface area contributed by atoms with Crippen molar-refractivity contribution < 1.29 is 14.1 Å². The predicted octanol–water partition coefficient (Wildman–Crippen LogP) is 1.86. The number of primary amides is 1. The van der Waals surface area contributed by atoms with E-state index in [0.717, 1.165) is 18.5 Å². The smallest absolute Gasteiger partial charge is 0.270 e. The van der Waals surface area contributed by atoms with E-state index in [4.69, 9.17) is 10.3 Å². The van der Waals surface area contributed by atoms with Crippen LogP contribution in [-0.4, -0.2) is 55.2 Å². The quantitative estimate of drug-likeness (QED) is 0.286. The number of aromatic amines is 1. The van der Waals surface area contributed by atoms with Crippen molar-refractivity contribution in [3.8, 4) is 11.4 Å². The van der Waals surface area contributed by atoms with Crippen LogP contribution in [0.4, 0.5) is 17.6 Å². The predicted molar refractivity (Wildman–Crippen MR) is 129 cm³/mol. The van der Waals surface area contributed by atoms with Gasteiger partial charge in [-0.05, 0) is 31.9 Å². The van der Waals surface area contributed by atoms with E-state index in [9.17, 15) is 9.59 Å². The normalized spacial score (nSPS) is 15.1. The molecule has 0 saturated carbocycles. The van der Waals surface area contributed by atoms with Crippen molar-refractivity contribution in [1.82, 2.24) is 35.6 Å². The number of hydrogen-bond donors (Lipinski definition) is 4. The van der Waals surface area contributed by atoms with E-state index in [1.54, 1.807) is 12.3 Å². The van der Waals surface area contributed by atoms with Gasteiger partial charge in [0, 0.05) is 36.6 Å². The molecule has 0 bridgehead atoms. The summed E-state index contributed by atoms with van der Waals surface area (Å²) in [5, 5.41) is 16.8. The number of aryl methyl sites for hydroxylation is 1. The number of pyridine rings is 1. The zero-order valence-corrected chi connectivity index (χ0v) is 19.4. The van der Waals surface area contributed by atoms with E-state index in [1.165, 1.54) is 6.07 Å². The molecule has 1 atom stereocenters. The molecule has 0 radical (unpaired) electrons. The monoisotopic (exact) mass is 488 g/mol. The molecule has 184 valence electrons. The fourth-order valence-corrected chi connectivity index (χ4v) is 4.00. The standard InChI is InChI=1S/C23H24N10O3/c1-13-9-21(31-30-13)28-20-11-16(22(35)26-12-19(24)34)27-23(29-20)33-8-4-6-17(33)18-10-15(32-36-18)14-5-2-3-7-25-14/h2-3,5,7,9-11,17H,4,6,8,12H2,1H3,(H2,24,34)(H,26,35)(H2,27,28,29,30,31). The fraction of sp³-hybridized carbons (Fsp3) is 0.261. The summed E-state index contributed by atoms with van der Waals surface area (Å²) in [7, 11) is 0. The first kappa shape index (κ1) is 23.0. The average Bonchev–Trinajstić information content (AvgIpc) is 3.63. The molecule has 13 heteroatoms. The second kappa shape index (κ2) is 9.82. The van der Waals surface area contributed by atoms with Crippen LogP contribution in [0.5, 0.6) is 0 Å². The maximum Gasteiger partial charge on any atom is 0.270 e. The number of hydrogen-bond acceptors (Lipinski definition) is 10. The summed E-state index contributed by atoms with van der Waals surface area (Å²) >= 11 is 0. The molecule has 1 unspecified atom stereocenters. The molecule has 2 amide bonds. The van der Waals surface area contributed by atoms with Crippen molar-refractivity contribution in [3.05, 3.63) is 59.7 Å². The van der Waals surface area contributed by atoms with Gasteiger partial charge in [0.15, 0.2) is 11.6 Å². The third-order valence-electron chi connectivity index (χ3n) is 5.63. The van der Waals surface area contributed by atoms with Gasteiger partial charge < -0.3 is 25.8 Å². The van der Waals surface area contributed by atoms with Crippen LogP contribution in [0.2, 0.25) is 0 Å². The first-order valence-electron chi connectivity index (χ1n) is 11.4. The second-order valence-electron chi connectivity index (χ2n) is 8.33. The molecular formula is C23H24N10O3. The molecule has 4 aromatic rings. The molecule has 1 aliphatic heterocycles.